The number of pyridine rings is 1. The van der Waals surface area contributed by atoms with Gasteiger partial charge in [-0.05, 0) is 51.0 Å². The van der Waals surface area contributed by atoms with Crippen molar-refractivity contribution in [3.8, 4) is 0 Å². The van der Waals surface area contributed by atoms with Gasteiger partial charge in [-0.1, -0.05) is 44.9 Å². The van der Waals surface area contributed by atoms with Gasteiger partial charge in [-0.3, -0.25) is 9.59 Å². The van der Waals surface area contributed by atoms with Crippen LogP contribution in [0.15, 0.2) is 40.0 Å². The number of aromatic nitrogens is 2. The summed E-state index contributed by atoms with van der Waals surface area (Å²) in [5.74, 6) is 0.553. The molecule has 5 nitrogen and oxygen atoms in total. The second kappa shape index (κ2) is 10.4. The SMILES string of the molecule is C.CSc1cc(C)[nH]c(=O)c1CNC(=O)c1c(C)n(CC2CCCCC2)c2ccccc12. The summed E-state index contributed by atoms with van der Waals surface area (Å²) in [4.78, 5) is 29.5. The molecule has 0 unspecified atom stereocenters. The highest BCUT2D eigenvalue weighted by Crippen LogP contribution is 2.31. The lowest BCUT2D eigenvalue weighted by atomic mass is 9.89. The Hall–Kier alpha value is -2.47. The zero-order valence-electron chi connectivity index (χ0n) is 18.6. The maximum absolute atomic E-state index is 13.3. The molecule has 172 valence electrons. The molecule has 0 radical (unpaired) electrons. The fourth-order valence-electron chi connectivity index (χ4n) is 4.87. The molecule has 6 heteroatoms. The molecule has 1 aliphatic carbocycles. The number of nitrogens with one attached hydrogen (secondary N) is 2. The van der Waals surface area contributed by atoms with E-state index in [0.717, 1.165) is 39.3 Å². The van der Waals surface area contributed by atoms with E-state index in [-0.39, 0.29) is 25.4 Å². The average molecular weight is 454 g/mol. The normalized spacial score (nSPS) is 14.3. The van der Waals surface area contributed by atoms with E-state index in [0.29, 0.717) is 11.5 Å². The van der Waals surface area contributed by atoms with E-state index < -0.39 is 0 Å². The summed E-state index contributed by atoms with van der Waals surface area (Å²) in [6.07, 6.45) is 8.43. The van der Waals surface area contributed by atoms with Gasteiger partial charge in [0.2, 0.25) is 0 Å². The molecule has 0 spiro atoms. The maximum Gasteiger partial charge on any atom is 0.254 e. The van der Waals surface area contributed by atoms with Crippen LogP contribution in [-0.2, 0) is 13.1 Å². The number of nitrogens with zero attached hydrogens (tertiary/aromatic N) is 1. The second-order valence-electron chi connectivity index (χ2n) is 8.60. The van der Waals surface area contributed by atoms with Gasteiger partial charge < -0.3 is 14.9 Å². The Morgan fingerprint density at radius 3 is 2.62 bits per heavy atom. The van der Waals surface area contributed by atoms with Crippen molar-refractivity contribution in [2.24, 2.45) is 5.92 Å². The highest BCUT2D eigenvalue weighted by molar-refractivity contribution is 7.98. The zero-order chi connectivity index (χ0) is 22.0. The molecular formula is C26H35N3O2S. The molecule has 3 aromatic rings. The molecule has 1 aliphatic rings. The molecule has 1 saturated carbocycles. The fourth-order valence-corrected chi connectivity index (χ4v) is 5.58. The Labute approximate surface area is 195 Å². The van der Waals surface area contributed by atoms with Crippen molar-refractivity contribution in [1.29, 1.82) is 0 Å². The Morgan fingerprint density at radius 1 is 1.19 bits per heavy atom. The van der Waals surface area contributed by atoms with Gasteiger partial charge in [0.05, 0.1) is 5.56 Å². The number of amides is 1. The van der Waals surface area contributed by atoms with Crippen molar-refractivity contribution in [2.45, 2.75) is 71.4 Å². The quantitative estimate of drug-likeness (QED) is 0.463. The van der Waals surface area contributed by atoms with Gasteiger partial charge in [0.25, 0.3) is 11.5 Å². The number of carbonyl (C=O) groups excluding carboxylic acids is 1. The van der Waals surface area contributed by atoms with Crippen LogP contribution in [0.1, 0.15) is 66.8 Å². The summed E-state index contributed by atoms with van der Waals surface area (Å²) >= 11 is 1.53. The molecular weight excluding hydrogens is 418 g/mol. The molecule has 2 N–H and O–H groups in total. The predicted molar refractivity (Wildman–Crippen MR) is 135 cm³/mol. The maximum atomic E-state index is 13.3. The number of hydrogen-bond acceptors (Lipinski definition) is 3. The largest absolute Gasteiger partial charge is 0.348 e. The molecule has 0 atom stereocenters. The monoisotopic (exact) mass is 453 g/mol. The summed E-state index contributed by atoms with van der Waals surface area (Å²) in [6, 6.07) is 10.1. The van der Waals surface area contributed by atoms with E-state index in [1.807, 2.05) is 44.4 Å². The summed E-state index contributed by atoms with van der Waals surface area (Å²) in [6.45, 7) is 5.10. The molecule has 0 saturated heterocycles. The van der Waals surface area contributed by atoms with E-state index in [2.05, 4.69) is 20.9 Å². The highest BCUT2D eigenvalue weighted by atomic mass is 32.2. The molecule has 0 bridgehead atoms. The van der Waals surface area contributed by atoms with E-state index in [9.17, 15) is 9.59 Å². The van der Waals surface area contributed by atoms with Gasteiger partial charge in [0.1, 0.15) is 0 Å². The first-order chi connectivity index (χ1) is 15.0. The van der Waals surface area contributed by atoms with Crippen molar-refractivity contribution in [3.05, 3.63) is 63.2 Å². The molecule has 1 fully saturated rings. The van der Waals surface area contributed by atoms with Crippen LogP contribution in [0.4, 0.5) is 0 Å². The first kappa shape index (κ1) is 24.2. The average Bonchev–Trinajstić information content (AvgIpc) is 3.04. The molecule has 2 heterocycles. The Morgan fingerprint density at radius 2 is 1.91 bits per heavy atom. The second-order valence-corrected chi connectivity index (χ2v) is 9.45. The van der Waals surface area contributed by atoms with Gasteiger partial charge in [-0.15, -0.1) is 11.8 Å². The van der Waals surface area contributed by atoms with Crippen LogP contribution < -0.4 is 10.9 Å². The van der Waals surface area contributed by atoms with Crippen LogP contribution in [0.5, 0.6) is 0 Å². The summed E-state index contributed by atoms with van der Waals surface area (Å²) in [7, 11) is 0. The number of fused-ring (bicyclic) bond motifs is 1. The van der Waals surface area contributed by atoms with Crippen molar-refractivity contribution < 1.29 is 4.79 Å². The van der Waals surface area contributed by atoms with Crippen molar-refractivity contribution >= 4 is 28.6 Å². The molecule has 1 aromatic carbocycles. The van der Waals surface area contributed by atoms with Crippen molar-refractivity contribution in [2.75, 3.05) is 6.26 Å². The molecule has 1 amide bonds. The number of hydrogen-bond donors (Lipinski definition) is 2. The molecule has 4 rings (SSSR count). The number of benzene rings is 1. The topological polar surface area (TPSA) is 66.9 Å². The van der Waals surface area contributed by atoms with Crippen LogP contribution in [-0.4, -0.2) is 21.7 Å². The van der Waals surface area contributed by atoms with Gasteiger partial charge in [-0.2, -0.15) is 0 Å². The number of carbonyl (C=O) groups is 1. The van der Waals surface area contributed by atoms with E-state index in [1.54, 1.807) is 0 Å². The zero-order valence-corrected chi connectivity index (χ0v) is 19.4. The third-order valence-electron chi connectivity index (χ3n) is 6.50. The van der Waals surface area contributed by atoms with E-state index in [4.69, 9.17) is 0 Å². The smallest absolute Gasteiger partial charge is 0.254 e. The number of aryl methyl sites for hydroxylation is 1. The van der Waals surface area contributed by atoms with Crippen LogP contribution in [0.2, 0.25) is 0 Å². The number of aromatic amines is 1. The summed E-state index contributed by atoms with van der Waals surface area (Å²) in [5.41, 5.74) is 4.14. The highest BCUT2D eigenvalue weighted by Gasteiger charge is 2.23. The van der Waals surface area contributed by atoms with Gasteiger partial charge in [0.15, 0.2) is 0 Å². The van der Waals surface area contributed by atoms with Crippen LogP contribution in [0.25, 0.3) is 10.9 Å². The predicted octanol–water partition coefficient (Wildman–Crippen LogP) is 5.81. The van der Waals surface area contributed by atoms with E-state index >= 15 is 0 Å². The van der Waals surface area contributed by atoms with Crippen LogP contribution in [0, 0.1) is 19.8 Å². The summed E-state index contributed by atoms with van der Waals surface area (Å²) in [5, 5.41) is 4.00. The van der Waals surface area contributed by atoms with Gasteiger partial charge in [-0.25, -0.2) is 0 Å². The molecule has 32 heavy (non-hydrogen) atoms. The van der Waals surface area contributed by atoms with E-state index in [1.165, 1.54) is 43.9 Å². The minimum absolute atomic E-state index is 0. The lowest BCUT2D eigenvalue weighted by Gasteiger charge is -2.23. The standard InChI is InChI=1S/C25H31N3O2S.CH4/c1-16-13-22(31-3)20(24(29)27-16)14-26-25(30)23-17(2)28(15-18-9-5-4-6-10-18)21-12-8-7-11-19(21)23;/h7-8,11-13,18H,4-6,9-10,14-15H2,1-3H3,(H,26,30)(H,27,29);1H4. The molecule has 2 aromatic heterocycles. The van der Waals surface area contributed by atoms with Crippen LogP contribution in [0.3, 0.4) is 0 Å². The fraction of sp³-hybridized carbons (Fsp3) is 0.462. The third-order valence-corrected chi connectivity index (χ3v) is 7.30. The molecule has 0 aliphatic heterocycles. The lowest BCUT2D eigenvalue weighted by molar-refractivity contribution is 0.0951. The number of rotatable bonds is 6. The van der Waals surface area contributed by atoms with Crippen molar-refractivity contribution in [3.63, 3.8) is 0 Å². The third kappa shape index (κ3) is 4.80. The Balaban J connectivity index is 0.00000289. The first-order valence-electron chi connectivity index (χ1n) is 11.1. The minimum Gasteiger partial charge on any atom is -0.348 e. The van der Waals surface area contributed by atoms with Gasteiger partial charge >= 0.3 is 0 Å². The minimum atomic E-state index is -0.138. The first-order valence-corrected chi connectivity index (χ1v) is 12.3. The van der Waals surface area contributed by atoms with Crippen molar-refractivity contribution in [1.82, 2.24) is 14.9 Å². The number of thioether (sulfide) groups is 1. The van der Waals surface area contributed by atoms with Gasteiger partial charge in [0, 0.05) is 45.8 Å². The Kier molecular flexibility index (Phi) is 7.88. The van der Waals surface area contributed by atoms with Crippen LogP contribution >= 0.6 is 11.8 Å². The lowest BCUT2D eigenvalue weighted by Crippen LogP contribution is -2.28. The summed E-state index contributed by atoms with van der Waals surface area (Å²) < 4.78 is 2.33. The number of H-pyrrole nitrogens is 1. The number of para-hydroxylation sites is 1. The Bertz CT molecular complexity index is 1160.